The highest BCUT2D eigenvalue weighted by Gasteiger charge is 2.03. The first-order valence-corrected chi connectivity index (χ1v) is 5.16. The highest BCUT2D eigenvalue weighted by Crippen LogP contribution is 2.18. The first-order chi connectivity index (χ1) is 6.67. The molecule has 0 spiro atoms. The van der Waals surface area contributed by atoms with Crippen LogP contribution in [0.4, 0.5) is 5.69 Å². The summed E-state index contributed by atoms with van der Waals surface area (Å²) in [6.07, 6.45) is 0. The third kappa shape index (κ3) is 2.57. The zero-order chi connectivity index (χ0) is 10.6. The van der Waals surface area contributed by atoms with Gasteiger partial charge in [0.2, 0.25) is 5.91 Å². The van der Waals surface area contributed by atoms with E-state index in [9.17, 15) is 4.79 Å². The molecule has 14 heavy (non-hydrogen) atoms. The number of nitriles is 1. The van der Waals surface area contributed by atoms with E-state index in [-0.39, 0.29) is 5.91 Å². The molecule has 1 aromatic rings. The molecule has 1 rings (SSSR count). The summed E-state index contributed by atoms with van der Waals surface area (Å²) in [6, 6.07) is 7.38. The summed E-state index contributed by atoms with van der Waals surface area (Å²) in [7, 11) is 0. The van der Waals surface area contributed by atoms with Gasteiger partial charge in [-0.15, -0.1) is 0 Å². The molecule has 3 nitrogen and oxygen atoms in total. The van der Waals surface area contributed by atoms with Crippen molar-refractivity contribution in [1.82, 2.24) is 0 Å². The van der Waals surface area contributed by atoms with E-state index in [1.807, 2.05) is 12.1 Å². The van der Waals surface area contributed by atoms with Gasteiger partial charge in [0.25, 0.3) is 0 Å². The third-order valence-corrected chi connectivity index (χ3v) is 2.32. The molecule has 0 aliphatic carbocycles. The van der Waals surface area contributed by atoms with Crippen LogP contribution in [0.25, 0.3) is 0 Å². The largest absolute Gasteiger partial charge is 0.325 e. The zero-order valence-corrected chi connectivity index (χ0v) is 9.26. The second kappa shape index (κ2) is 4.77. The lowest BCUT2D eigenvalue weighted by Crippen LogP contribution is -2.07. The molecule has 0 fully saturated rings. The van der Waals surface area contributed by atoms with E-state index >= 15 is 0 Å². The summed E-state index contributed by atoms with van der Waals surface area (Å²) < 4.78 is 0. The summed E-state index contributed by atoms with van der Waals surface area (Å²) in [6.45, 7) is 1.42. The van der Waals surface area contributed by atoms with Crippen LogP contribution in [0, 0.1) is 11.3 Å². The number of alkyl halides is 1. The SMILES string of the molecule is CC(=O)Nc1ccc(CBr)cc1C#N. The molecule has 0 radical (unpaired) electrons. The monoisotopic (exact) mass is 252 g/mol. The maximum absolute atomic E-state index is 10.8. The standard InChI is InChI=1S/C10H9BrN2O/c1-7(14)13-10-3-2-8(5-11)4-9(10)6-12/h2-4H,5H2,1H3,(H,13,14). The van der Waals surface area contributed by atoms with E-state index in [0.717, 1.165) is 5.56 Å². The Morgan fingerprint density at radius 1 is 1.64 bits per heavy atom. The predicted molar refractivity (Wildman–Crippen MR) is 58.1 cm³/mol. The minimum absolute atomic E-state index is 0.173. The van der Waals surface area contributed by atoms with Crippen molar-refractivity contribution < 1.29 is 4.79 Å². The molecular formula is C10H9BrN2O. The zero-order valence-electron chi connectivity index (χ0n) is 7.67. The number of hydrogen-bond acceptors (Lipinski definition) is 2. The fourth-order valence-corrected chi connectivity index (χ4v) is 1.41. The highest BCUT2D eigenvalue weighted by molar-refractivity contribution is 9.08. The van der Waals surface area contributed by atoms with Gasteiger partial charge in [-0.2, -0.15) is 5.26 Å². The second-order valence-corrected chi connectivity index (χ2v) is 3.37. The van der Waals surface area contributed by atoms with E-state index in [4.69, 9.17) is 5.26 Å². The van der Waals surface area contributed by atoms with Crippen LogP contribution in [0.15, 0.2) is 18.2 Å². The van der Waals surface area contributed by atoms with Gasteiger partial charge in [0.1, 0.15) is 6.07 Å². The summed E-state index contributed by atoms with van der Waals surface area (Å²) in [5.74, 6) is -0.173. The molecule has 0 unspecified atom stereocenters. The van der Waals surface area contributed by atoms with Crippen LogP contribution >= 0.6 is 15.9 Å². The Balaban J connectivity index is 3.07. The Hall–Kier alpha value is -1.34. The number of hydrogen-bond donors (Lipinski definition) is 1. The van der Waals surface area contributed by atoms with Gasteiger partial charge < -0.3 is 5.32 Å². The molecule has 4 heteroatoms. The maximum atomic E-state index is 10.8. The van der Waals surface area contributed by atoms with Crippen molar-refractivity contribution in [2.75, 3.05) is 5.32 Å². The van der Waals surface area contributed by atoms with Gasteiger partial charge in [-0.1, -0.05) is 22.0 Å². The quantitative estimate of drug-likeness (QED) is 0.823. The van der Waals surface area contributed by atoms with Gasteiger partial charge in [0.15, 0.2) is 0 Å². The number of nitrogens with one attached hydrogen (secondary N) is 1. The molecule has 0 atom stereocenters. The summed E-state index contributed by atoms with van der Waals surface area (Å²) in [5, 5.41) is 12.1. The van der Waals surface area contributed by atoms with E-state index in [0.29, 0.717) is 16.6 Å². The number of halogens is 1. The van der Waals surface area contributed by atoms with Crippen LogP contribution in [0.5, 0.6) is 0 Å². The molecule has 1 amide bonds. The number of carbonyl (C=O) groups excluding carboxylic acids is 1. The number of nitrogens with zero attached hydrogens (tertiary/aromatic N) is 1. The average molecular weight is 253 g/mol. The van der Waals surface area contributed by atoms with Crippen molar-refractivity contribution >= 4 is 27.5 Å². The first kappa shape index (κ1) is 10.7. The van der Waals surface area contributed by atoms with E-state index in [1.165, 1.54) is 6.92 Å². The number of anilines is 1. The molecule has 1 aromatic carbocycles. The minimum atomic E-state index is -0.173. The molecule has 72 valence electrons. The van der Waals surface area contributed by atoms with Gasteiger partial charge in [0, 0.05) is 12.3 Å². The predicted octanol–water partition coefficient (Wildman–Crippen LogP) is 2.41. The number of amides is 1. The average Bonchev–Trinajstić information content (AvgIpc) is 2.17. The lowest BCUT2D eigenvalue weighted by molar-refractivity contribution is -0.114. The second-order valence-electron chi connectivity index (χ2n) is 2.81. The van der Waals surface area contributed by atoms with Crippen molar-refractivity contribution in [3.8, 4) is 6.07 Å². The number of benzene rings is 1. The van der Waals surface area contributed by atoms with E-state index in [2.05, 4.69) is 21.2 Å². The van der Waals surface area contributed by atoms with Crippen molar-refractivity contribution in [1.29, 1.82) is 5.26 Å². The molecule has 0 saturated carbocycles. The molecule has 0 saturated heterocycles. The summed E-state index contributed by atoms with van der Waals surface area (Å²) in [4.78, 5) is 10.8. The van der Waals surface area contributed by atoms with Crippen molar-refractivity contribution in [3.63, 3.8) is 0 Å². The Morgan fingerprint density at radius 3 is 2.86 bits per heavy atom. The lowest BCUT2D eigenvalue weighted by Gasteiger charge is -2.05. The Kier molecular flexibility index (Phi) is 3.66. The Labute approximate surface area is 90.9 Å². The van der Waals surface area contributed by atoms with Gasteiger partial charge >= 0.3 is 0 Å². The Morgan fingerprint density at radius 2 is 2.36 bits per heavy atom. The normalized spacial score (nSPS) is 9.21. The number of rotatable bonds is 2. The Bertz CT molecular complexity index is 396. The number of carbonyl (C=O) groups is 1. The van der Waals surface area contributed by atoms with Gasteiger partial charge in [-0.3, -0.25) is 4.79 Å². The van der Waals surface area contributed by atoms with Crippen LogP contribution in [0.3, 0.4) is 0 Å². The molecule has 0 aliphatic rings. The van der Waals surface area contributed by atoms with Crippen molar-refractivity contribution in [3.05, 3.63) is 29.3 Å². The fraction of sp³-hybridized carbons (Fsp3) is 0.200. The molecule has 0 heterocycles. The summed E-state index contributed by atoms with van der Waals surface area (Å²) in [5.41, 5.74) is 2.05. The van der Waals surface area contributed by atoms with Crippen molar-refractivity contribution in [2.24, 2.45) is 0 Å². The highest BCUT2D eigenvalue weighted by atomic mass is 79.9. The van der Waals surface area contributed by atoms with Gasteiger partial charge in [-0.25, -0.2) is 0 Å². The first-order valence-electron chi connectivity index (χ1n) is 4.04. The maximum Gasteiger partial charge on any atom is 0.221 e. The lowest BCUT2D eigenvalue weighted by atomic mass is 10.1. The van der Waals surface area contributed by atoms with E-state index < -0.39 is 0 Å². The van der Waals surface area contributed by atoms with Crippen LogP contribution < -0.4 is 5.32 Å². The van der Waals surface area contributed by atoms with Crippen LogP contribution in [0.2, 0.25) is 0 Å². The van der Waals surface area contributed by atoms with Crippen LogP contribution in [0.1, 0.15) is 18.1 Å². The van der Waals surface area contributed by atoms with Crippen molar-refractivity contribution in [2.45, 2.75) is 12.3 Å². The fourth-order valence-electron chi connectivity index (χ4n) is 1.07. The van der Waals surface area contributed by atoms with E-state index in [1.54, 1.807) is 12.1 Å². The third-order valence-electron chi connectivity index (χ3n) is 1.67. The van der Waals surface area contributed by atoms with Crippen LogP contribution in [-0.2, 0) is 10.1 Å². The molecule has 0 aliphatic heterocycles. The minimum Gasteiger partial charge on any atom is -0.325 e. The summed E-state index contributed by atoms with van der Waals surface area (Å²) >= 11 is 3.30. The molecule has 0 bridgehead atoms. The molecular weight excluding hydrogens is 244 g/mol. The molecule has 0 aromatic heterocycles. The molecule has 1 N–H and O–H groups in total. The smallest absolute Gasteiger partial charge is 0.221 e. The van der Waals surface area contributed by atoms with Gasteiger partial charge in [-0.05, 0) is 17.7 Å². The topological polar surface area (TPSA) is 52.9 Å². The van der Waals surface area contributed by atoms with Gasteiger partial charge in [0.05, 0.1) is 11.3 Å². The van der Waals surface area contributed by atoms with Crippen LogP contribution in [-0.4, -0.2) is 5.91 Å².